The third kappa shape index (κ3) is 2.44. The van der Waals surface area contributed by atoms with Crippen LogP contribution in [0.15, 0.2) is 6.20 Å². The lowest BCUT2D eigenvalue weighted by Gasteiger charge is -2.07. The summed E-state index contributed by atoms with van der Waals surface area (Å²) in [6.45, 7) is 0. The normalized spacial score (nSPS) is 11.3. The van der Waals surface area contributed by atoms with Crippen molar-refractivity contribution in [1.29, 1.82) is 0 Å². The number of aryl methyl sites for hydroxylation is 1. The fourth-order valence-electron chi connectivity index (χ4n) is 0.893. The highest BCUT2D eigenvalue weighted by Crippen LogP contribution is 2.14. The summed E-state index contributed by atoms with van der Waals surface area (Å²) in [5.41, 5.74) is -0.212. The zero-order chi connectivity index (χ0) is 11.6. The van der Waals surface area contributed by atoms with Gasteiger partial charge in [0.25, 0.3) is 10.2 Å². The molecule has 1 aromatic heterocycles. The number of aromatic nitrogens is 2. The molecule has 0 saturated carbocycles. The summed E-state index contributed by atoms with van der Waals surface area (Å²) in [4.78, 5) is 10.7. The Morgan fingerprint density at radius 3 is 2.67 bits per heavy atom. The van der Waals surface area contributed by atoms with E-state index in [-0.39, 0.29) is 11.4 Å². The first kappa shape index (κ1) is 11.5. The van der Waals surface area contributed by atoms with Crippen molar-refractivity contribution in [3.63, 3.8) is 0 Å². The predicted octanol–water partition coefficient (Wildman–Crippen LogP) is -1.01. The number of hydrogen-bond donors (Lipinski definition) is 3. The average Bonchev–Trinajstić information content (AvgIpc) is 2.48. The Labute approximate surface area is 86.1 Å². The molecule has 3 N–H and O–H groups in total. The molecular formula is C6H10N4O4S. The Hall–Kier alpha value is -1.61. The van der Waals surface area contributed by atoms with Gasteiger partial charge in [-0.1, -0.05) is 0 Å². The van der Waals surface area contributed by atoms with Crippen LogP contribution in [-0.4, -0.2) is 36.3 Å². The summed E-state index contributed by atoms with van der Waals surface area (Å²) < 4.78 is 27.4. The Bertz CT molecular complexity index is 477. The van der Waals surface area contributed by atoms with E-state index >= 15 is 0 Å². The molecule has 0 aliphatic heterocycles. The van der Waals surface area contributed by atoms with Crippen molar-refractivity contribution in [3.05, 3.63) is 11.8 Å². The summed E-state index contributed by atoms with van der Waals surface area (Å²) in [5, 5.41) is 12.4. The SMILES string of the molecule is CNS(=O)(=O)Nc1c(C(=O)O)cnn1C. The molecule has 0 saturated heterocycles. The summed E-state index contributed by atoms with van der Waals surface area (Å²) in [6, 6.07) is 0. The number of hydrogen-bond acceptors (Lipinski definition) is 4. The van der Waals surface area contributed by atoms with E-state index in [9.17, 15) is 13.2 Å². The Morgan fingerprint density at radius 1 is 1.60 bits per heavy atom. The zero-order valence-corrected chi connectivity index (χ0v) is 8.87. The summed E-state index contributed by atoms with van der Waals surface area (Å²) in [6.07, 6.45) is 1.07. The second-order valence-corrected chi connectivity index (χ2v) is 4.26. The lowest BCUT2D eigenvalue weighted by molar-refractivity contribution is 0.0698. The van der Waals surface area contributed by atoms with E-state index in [0.717, 1.165) is 10.9 Å². The van der Waals surface area contributed by atoms with E-state index < -0.39 is 16.2 Å². The van der Waals surface area contributed by atoms with Gasteiger partial charge in [0.1, 0.15) is 5.56 Å². The number of nitrogens with one attached hydrogen (secondary N) is 2. The van der Waals surface area contributed by atoms with Crippen LogP contribution in [0.5, 0.6) is 0 Å². The van der Waals surface area contributed by atoms with Gasteiger partial charge >= 0.3 is 5.97 Å². The van der Waals surface area contributed by atoms with Crippen LogP contribution in [0.4, 0.5) is 5.82 Å². The maximum absolute atomic E-state index is 11.1. The van der Waals surface area contributed by atoms with Crippen LogP contribution in [0.3, 0.4) is 0 Å². The first-order valence-electron chi connectivity index (χ1n) is 3.84. The standard InChI is InChI=1S/C6H10N4O4S/c1-7-15(13,14)9-5-4(6(11)12)3-8-10(5)2/h3,7,9H,1-2H3,(H,11,12). The summed E-state index contributed by atoms with van der Waals surface area (Å²) in [7, 11) is -1.11. The fraction of sp³-hybridized carbons (Fsp3) is 0.333. The molecular weight excluding hydrogens is 224 g/mol. The molecule has 0 aliphatic carbocycles. The zero-order valence-electron chi connectivity index (χ0n) is 8.05. The average molecular weight is 234 g/mol. The maximum Gasteiger partial charge on any atom is 0.341 e. The lowest BCUT2D eigenvalue weighted by Crippen LogP contribution is -2.28. The molecule has 0 bridgehead atoms. The Balaban J connectivity index is 3.14. The van der Waals surface area contributed by atoms with Gasteiger partial charge in [-0.2, -0.15) is 13.5 Å². The van der Waals surface area contributed by atoms with Crippen molar-refractivity contribution in [2.24, 2.45) is 7.05 Å². The first-order chi connectivity index (χ1) is 6.87. The van der Waals surface area contributed by atoms with Crippen LogP contribution in [0.1, 0.15) is 10.4 Å². The van der Waals surface area contributed by atoms with Gasteiger partial charge in [0.15, 0.2) is 5.82 Å². The number of nitrogens with zero attached hydrogens (tertiary/aromatic N) is 2. The quantitative estimate of drug-likeness (QED) is 0.618. The van der Waals surface area contributed by atoms with Crippen LogP contribution in [0, 0.1) is 0 Å². The minimum absolute atomic E-state index is 0.100. The molecule has 0 atom stereocenters. The van der Waals surface area contributed by atoms with Crippen molar-refractivity contribution >= 4 is 22.0 Å². The van der Waals surface area contributed by atoms with Gasteiger partial charge in [-0.05, 0) is 0 Å². The molecule has 0 radical (unpaired) electrons. The monoisotopic (exact) mass is 234 g/mol. The molecule has 0 fully saturated rings. The van der Waals surface area contributed by atoms with Gasteiger partial charge in [-0.15, -0.1) is 0 Å². The van der Waals surface area contributed by atoms with E-state index in [1.165, 1.54) is 14.1 Å². The molecule has 0 unspecified atom stereocenters. The second kappa shape index (κ2) is 3.87. The molecule has 8 nitrogen and oxygen atoms in total. The van der Waals surface area contributed by atoms with E-state index in [1.807, 2.05) is 9.44 Å². The molecule has 0 spiro atoms. The second-order valence-electron chi connectivity index (χ2n) is 2.65. The van der Waals surface area contributed by atoms with Gasteiger partial charge in [-0.25, -0.2) is 9.52 Å². The molecule has 1 rings (SSSR count). The van der Waals surface area contributed by atoms with Gasteiger partial charge in [0.05, 0.1) is 6.20 Å². The highest BCUT2D eigenvalue weighted by atomic mass is 32.2. The predicted molar refractivity (Wildman–Crippen MR) is 51.8 cm³/mol. The molecule has 1 aromatic rings. The van der Waals surface area contributed by atoms with Crippen LogP contribution in [0.25, 0.3) is 0 Å². The Kier molecular flexibility index (Phi) is 2.95. The third-order valence-electron chi connectivity index (χ3n) is 1.67. The van der Waals surface area contributed by atoms with Crippen LogP contribution >= 0.6 is 0 Å². The highest BCUT2D eigenvalue weighted by Gasteiger charge is 2.18. The lowest BCUT2D eigenvalue weighted by atomic mass is 10.3. The molecule has 9 heteroatoms. The maximum atomic E-state index is 11.1. The minimum atomic E-state index is -3.75. The number of anilines is 1. The topological polar surface area (TPSA) is 113 Å². The third-order valence-corrected chi connectivity index (χ3v) is 2.67. The van der Waals surface area contributed by atoms with Crippen molar-refractivity contribution in [2.45, 2.75) is 0 Å². The van der Waals surface area contributed by atoms with E-state index in [4.69, 9.17) is 5.11 Å². The molecule has 0 amide bonds. The van der Waals surface area contributed by atoms with Crippen LogP contribution in [0.2, 0.25) is 0 Å². The van der Waals surface area contributed by atoms with Crippen molar-refractivity contribution in [1.82, 2.24) is 14.5 Å². The van der Waals surface area contributed by atoms with Crippen LogP contribution < -0.4 is 9.44 Å². The number of carboxylic acids is 1. The molecule has 84 valence electrons. The van der Waals surface area contributed by atoms with Crippen molar-refractivity contribution < 1.29 is 18.3 Å². The van der Waals surface area contributed by atoms with Crippen molar-refractivity contribution in [3.8, 4) is 0 Å². The number of aromatic carboxylic acids is 1. The fourth-order valence-corrected chi connectivity index (χ4v) is 1.49. The number of rotatable bonds is 4. The number of carboxylic acid groups (broad SMARTS) is 1. The van der Waals surface area contributed by atoms with Gasteiger partial charge in [-0.3, -0.25) is 9.40 Å². The molecule has 0 aromatic carbocycles. The van der Waals surface area contributed by atoms with E-state index in [2.05, 4.69) is 5.10 Å². The Morgan fingerprint density at radius 2 is 2.20 bits per heavy atom. The van der Waals surface area contributed by atoms with Gasteiger partial charge in [0, 0.05) is 14.1 Å². The van der Waals surface area contributed by atoms with Crippen molar-refractivity contribution in [2.75, 3.05) is 11.8 Å². The number of carbonyl (C=O) groups is 1. The highest BCUT2D eigenvalue weighted by molar-refractivity contribution is 7.90. The van der Waals surface area contributed by atoms with Gasteiger partial charge < -0.3 is 5.11 Å². The van der Waals surface area contributed by atoms with E-state index in [1.54, 1.807) is 0 Å². The summed E-state index contributed by atoms with van der Waals surface area (Å²) >= 11 is 0. The van der Waals surface area contributed by atoms with Gasteiger partial charge in [0.2, 0.25) is 0 Å². The molecule has 1 heterocycles. The summed E-state index contributed by atoms with van der Waals surface area (Å²) in [5.74, 6) is -1.35. The van der Waals surface area contributed by atoms with Crippen LogP contribution in [-0.2, 0) is 17.3 Å². The molecule has 15 heavy (non-hydrogen) atoms. The smallest absolute Gasteiger partial charge is 0.341 e. The molecule has 0 aliphatic rings. The van der Waals surface area contributed by atoms with E-state index in [0.29, 0.717) is 0 Å². The minimum Gasteiger partial charge on any atom is -0.477 e. The largest absolute Gasteiger partial charge is 0.477 e. The first-order valence-corrected chi connectivity index (χ1v) is 5.32.